The van der Waals surface area contributed by atoms with Gasteiger partial charge in [0.1, 0.15) is 23.5 Å². The molecule has 33 heavy (non-hydrogen) atoms. The maximum Gasteiger partial charge on any atom is 0.183 e. The molecule has 2 unspecified atom stereocenters. The van der Waals surface area contributed by atoms with Crippen LogP contribution in [-0.4, -0.2) is 60.4 Å². The number of benzene rings is 1. The van der Waals surface area contributed by atoms with E-state index in [4.69, 9.17) is 4.52 Å². The molecule has 1 aliphatic heterocycles. The molecule has 3 aromatic heterocycles. The van der Waals surface area contributed by atoms with E-state index >= 15 is 0 Å². The Morgan fingerprint density at radius 2 is 1.91 bits per heavy atom. The molecule has 0 radical (unpaired) electrons. The minimum atomic E-state index is -1.00. The van der Waals surface area contributed by atoms with Gasteiger partial charge in [-0.15, -0.1) is 0 Å². The standard InChI is InChI=1S/C22H20F2N6O3/c23-14-4-2-1-3-13(14)11-30-18(16-6-8-33-28-16)9-17(27-30)21-25-10-15(24)22(26-21)29-7-5-19(31)20(32)12-29/h1-4,6,8-10,19-20,31-32H,5,7,11-12H2. The number of aliphatic hydroxyl groups excluding tert-OH is 2. The van der Waals surface area contributed by atoms with Gasteiger partial charge in [0, 0.05) is 24.7 Å². The second-order valence-corrected chi connectivity index (χ2v) is 7.78. The van der Waals surface area contributed by atoms with Crippen LogP contribution in [0.3, 0.4) is 0 Å². The summed E-state index contributed by atoms with van der Waals surface area (Å²) in [5.41, 5.74) is 1.80. The third-order valence-electron chi connectivity index (χ3n) is 5.56. The highest BCUT2D eigenvalue weighted by atomic mass is 19.1. The van der Waals surface area contributed by atoms with Gasteiger partial charge in [-0.1, -0.05) is 23.4 Å². The summed E-state index contributed by atoms with van der Waals surface area (Å²) in [6.07, 6.45) is 0.881. The van der Waals surface area contributed by atoms with Crippen molar-refractivity contribution in [2.75, 3.05) is 18.0 Å². The number of halogens is 2. The molecule has 11 heteroatoms. The Kier molecular flexibility index (Phi) is 5.56. The molecule has 170 valence electrons. The summed E-state index contributed by atoms with van der Waals surface area (Å²) in [6, 6.07) is 9.69. The first-order valence-electron chi connectivity index (χ1n) is 10.4. The van der Waals surface area contributed by atoms with Crippen LogP contribution in [0.5, 0.6) is 0 Å². The van der Waals surface area contributed by atoms with Crippen LogP contribution in [0, 0.1) is 11.6 Å². The van der Waals surface area contributed by atoms with Gasteiger partial charge in [-0.3, -0.25) is 4.68 Å². The van der Waals surface area contributed by atoms with Crippen molar-refractivity contribution in [2.24, 2.45) is 0 Å². The third kappa shape index (κ3) is 4.20. The van der Waals surface area contributed by atoms with E-state index in [0.29, 0.717) is 29.2 Å². The predicted octanol–water partition coefficient (Wildman–Crippen LogP) is 2.25. The van der Waals surface area contributed by atoms with Gasteiger partial charge >= 0.3 is 0 Å². The summed E-state index contributed by atoms with van der Waals surface area (Å²) >= 11 is 0. The topological polar surface area (TPSA) is 113 Å². The van der Waals surface area contributed by atoms with Crippen LogP contribution < -0.4 is 4.90 Å². The maximum atomic E-state index is 14.5. The summed E-state index contributed by atoms with van der Waals surface area (Å²) in [7, 11) is 0. The molecule has 0 bridgehead atoms. The predicted molar refractivity (Wildman–Crippen MR) is 113 cm³/mol. The van der Waals surface area contributed by atoms with Crippen molar-refractivity contribution in [2.45, 2.75) is 25.2 Å². The smallest absolute Gasteiger partial charge is 0.183 e. The van der Waals surface area contributed by atoms with Gasteiger partial charge in [-0.05, 0) is 18.6 Å². The highest BCUT2D eigenvalue weighted by Crippen LogP contribution is 2.27. The first-order chi connectivity index (χ1) is 16.0. The average molecular weight is 454 g/mol. The van der Waals surface area contributed by atoms with E-state index in [1.807, 2.05) is 0 Å². The van der Waals surface area contributed by atoms with E-state index in [1.54, 1.807) is 39.9 Å². The minimum Gasteiger partial charge on any atom is -0.390 e. The molecule has 0 amide bonds. The molecule has 0 spiro atoms. The Bertz CT molecular complexity index is 1260. The zero-order valence-electron chi connectivity index (χ0n) is 17.3. The van der Waals surface area contributed by atoms with Crippen LogP contribution in [0.25, 0.3) is 22.9 Å². The Morgan fingerprint density at radius 3 is 2.67 bits per heavy atom. The lowest BCUT2D eigenvalue weighted by atomic mass is 10.1. The highest BCUT2D eigenvalue weighted by Gasteiger charge is 2.29. The number of hydrogen-bond acceptors (Lipinski definition) is 8. The Labute approximate surface area is 186 Å². The Morgan fingerprint density at radius 1 is 1.06 bits per heavy atom. The van der Waals surface area contributed by atoms with E-state index in [9.17, 15) is 19.0 Å². The number of anilines is 1. The van der Waals surface area contributed by atoms with Crippen molar-refractivity contribution in [1.82, 2.24) is 24.9 Å². The van der Waals surface area contributed by atoms with Gasteiger partial charge in [0.15, 0.2) is 17.5 Å². The zero-order chi connectivity index (χ0) is 22.9. The van der Waals surface area contributed by atoms with Crippen LogP contribution in [0.1, 0.15) is 12.0 Å². The number of nitrogens with zero attached hydrogens (tertiary/aromatic N) is 6. The second-order valence-electron chi connectivity index (χ2n) is 7.78. The van der Waals surface area contributed by atoms with Gasteiger partial charge in [0.25, 0.3) is 0 Å². The lowest BCUT2D eigenvalue weighted by molar-refractivity contribution is 0.00772. The van der Waals surface area contributed by atoms with Crippen LogP contribution in [-0.2, 0) is 6.54 Å². The van der Waals surface area contributed by atoms with E-state index < -0.39 is 18.0 Å². The normalized spacial score (nSPS) is 18.6. The Balaban J connectivity index is 1.53. The van der Waals surface area contributed by atoms with Crippen LogP contribution in [0.15, 0.2) is 53.4 Å². The molecule has 2 atom stereocenters. The SMILES string of the molecule is OC1CCN(c2nc(-c3cc(-c4ccon4)n(Cc4ccccc4F)n3)ncc2F)CC1O. The van der Waals surface area contributed by atoms with Gasteiger partial charge in [-0.2, -0.15) is 5.10 Å². The molecular formula is C22H20F2N6O3. The molecule has 4 heterocycles. The minimum absolute atomic E-state index is 0.0117. The lowest BCUT2D eigenvalue weighted by Gasteiger charge is -2.34. The molecule has 0 saturated carbocycles. The molecule has 1 fully saturated rings. The van der Waals surface area contributed by atoms with E-state index in [0.717, 1.165) is 6.20 Å². The van der Waals surface area contributed by atoms with Crippen molar-refractivity contribution in [1.29, 1.82) is 0 Å². The molecule has 4 aromatic rings. The molecule has 9 nitrogen and oxygen atoms in total. The number of aromatic nitrogens is 5. The van der Waals surface area contributed by atoms with Gasteiger partial charge in [0.05, 0.1) is 30.6 Å². The summed E-state index contributed by atoms with van der Waals surface area (Å²) in [6.45, 7) is 0.497. The number of hydrogen-bond donors (Lipinski definition) is 2. The zero-order valence-corrected chi connectivity index (χ0v) is 17.3. The van der Waals surface area contributed by atoms with Crippen molar-refractivity contribution < 1.29 is 23.5 Å². The number of β-amino-alcohol motifs (C(OH)–C–C–N with tert-alkyl or cyclic N) is 1. The molecular weight excluding hydrogens is 434 g/mol. The van der Waals surface area contributed by atoms with Gasteiger partial charge < -0.3 is 19.6 Å². The monoisotopic (exact) mass is 454 g/mol. The first kappa shape index (κ1) is 21.2. The molecule has 2 N–H and O–H groups in total. The fraction of sp³-hybridized carbons (Fsp3) is 0.273. The number of aliphatic hydroxyl groups is 2. The summed E-state index contributed by atoms with van der Waals surface area (Å²) in [4.78, 5) is 9.98. The Hall–Kier alpha value is -3.70. The van der Waals surface area contributed by atoms with Crippen molar-refractivity contribution in [3.8, 4) is 22.9 Å². The molecule has 1 aliphatic rings. The van der Waals surface area contributed by atoms with Gasteiger partial charge in [-0.25, -0.2) is 18.7 Å². The third-order valence-corrected chi connectivity index (χ3v) is 5.56. The molecule has 0 aliphatic carbocycles. The summed E-state index contributed by atoms with van der Waals surface area (Å²) < 4.78 is 35.3. The molecule has 5 rings (SSSR count). The second kappa shape index (κ2) is 8.68. The van der Waals surface area contributed by atoms with Crippen molar-refractivity contribution >= 4 is 5.82 Å². The molecule has 1 saturated heterocycles. The largest absolute Gasteiger partial charge is 0.390 e. The quantitative estimate of drug-likeness (QED) is 0.472. The van der Waals surface area contributed by atoms with Gasteiger partial charge in [0.2, 0.25) is 0 Å². The van der Waals surface area contributed by atoms with Crippen LogP contribution >= 0.6 is 0 Å². The average Bonchev–Trinajstić information content (AvgIpc) is 3.48. The van der Waals surface area contributed by atoms with E-state index in [-0.39, 0.29) is 37.0 Å². The van der Waals surface area contributed by atoms with E-state index in [2.05, 4.69) is 20.2 Å². The highest BCUT2D eigenvalue weighted by molar-refractivity contribution is 5.63. The summed E-state index contributed by atoms with van der Waals surface area (Å²) in [5.74, 6) is -0.849. The summed E-state index contributed by atoms with van der Waals surface area (Å²) in [5, 5.41) is 28.2. The number of piperidine rings is 1. The van der Waals surface area contributed by atoms with Crippen molar-refractivity contribution in [3.05, 3.63) is 66.1 Å². The van der Waals surface area contributed by atoms with Crippen molar-refractivity contribution in [3.63, 3.8) is 0 Å². The van der Waals surface area contributed by atoms with E-state index in [1.165, 1.54) is 12.3 Å². The fourth-order valence-electron chi connectivity index (χ4n) is 3.80. The fourth-order valence-corrected chi connectivity index (χ4v) is 3.80. The molecule has 1 aromatic carbocycles. The lowest BCUT2D eigenvalue weighted by Crippen LogP contribution is -2.47. The maximum absolute atomic E-state index is 14.5. The van der Waals surface area contributed by atoms with Crippen LogP contribution in [0.4, 0.5) is 14.6 Å². The number of rotatable bonds is 5. The van der Waals surface area contributed by atoms with Crippen LogP contribution in [0.2, 0.25) is 0 Å². The first-order valence-corrected chi connectivity index (χ1v) is 10.4.